The van der Waals surface area contributed by atoms with Gasteiger partial charge in [0.2, 0.25) is 0 Å². The maximum absolute atomic E-state index is 10.3. The summed E-state index contributed by atoms with van der Waals surface area (Å²) in [5, 5.41) is 10.3. The Labute approximate surface area is 104 Å². The first kappa shape index (κ1) is 12.8. The molecule has 0 radical (unpaired) electrons. The fourth-order valence-electron chi connectivity index (χ4n) is 3.48. The Morgan fingerprint density at radius 1 is 1.29 bits per heavy atom. The maximum Gasteiger partial charge on any atom is 0.185 e. The summed E-state index contributed by atoms with van der Waals surface area (Å²) in [4.78, 5) is 0. The molecule has 1 saturated carbocycles. The quantitative estimate of drug-likeness (QED) is 0.756. The van der Waals surface area contributed by atoms with E-state index in [0.29, 0.717) is 12.3 Å². The van der Waals surface area contributed by atoms with Crippen molar-refractivity contribution in [2.75, 3.05) is 0 Å². The van der Waals surface area contributed by atoms with Crippen LogP contribution in [0.2, 0.25) is 0 Å². The van der Waals surface area contributed by atoms with Gasteiger partial charge in [-0.25, -0.2) is 0 Å². The molecular weight excluding hydrogens is 212 g/mol. The predicted molar refractivity (Wildman–Crippen MR) is 69.6 cm³/mol. The molecule has 1 aliphatic carbocycles. The van der Waals surface area contributed by atoms with E-state index in [0.717, 1.165) is 19.3 Å². The molecule has 96 valence electrons. The molecule has 17 heavy (non-hydrogen) atoms. The second-order valence-electron chi connectivity index (χ2n) is 5.54. The number of allylic oxidation sites excluding steroid dienone is 1. The first-order valence-electron chi connectivity index (χ1n) is 6.81. The Hall–Kier alpha value is -0.600. The normalized spacial score (nSPS) is 41.6. The minimum Gasteiger partial charge on any atom is -0.362 e. The number of aliphatic hydroxyl groups is 1. The molecule has 2 heteroatoms. The summed E-state index contributed by atoms with van der Waals surface area (Å²) < 4.78 is 6.06. The topological polar surface area (TPSA) is 29.5 Å². The lowest BCUT2D eigenvalue weighted by Crippen LogP contribution is -2.37. The van der Waals surface area contributed by atoms with Crippen LogP contribution in [0, 0.1) is 5.92 Å². The van der Waals surface area contributed by atoms with Gasteiger partial charge in [-0.1, -0.05) is 31.9 Å². The van der Waals surface area contributed by atoms with E-state index in [1.165, 1.54) is 25.7 Å². The van der Waals surface area contributed by atoms with E-state index in [9.17, 15) is 5.11 Å². The fourth-order valence-corrected chi connectivity index (χ4v) is 3.48. The van der Waals surface area contributed by atoms with Crippen molar-refractivity contribution < 1.29 is 9.84 Å². The summed E-state index contributed by atoms with van der Waals surface area (Å²) in [6.45, 7) is 7.51. The molecule has 2 rings (SSSR count). The van der Waals surface area contributed by atoms with Crippen molar-refractivity contribution in [3.8, 4) is 0 Å². The van der Waals surface area contributed by atoms with Gasteiger partial charge >= 0.3 is 0 Å². The van der Waals surface area contributed by atoms with Crippen molar-refractivity contribution in [2.24, 2.45) is 5.92 Å². The monoisotopic (exact) mass is 236 g/mol. The van der Waals surface area contributed by atoms with Gasteiger partial charge in [-0.15, -0.1) is 6.58 Å². The molecule has 0 aromatic carbocycles. The van der Waals surface area contributed by atoms with Gasteiger partial charge in [0.1, 0.15) is 0 Å². The molecule has 1 heterocycles. The van der Waals surface area contributed by atoms with Gasteiger partial charge in [-0.05, 0) is 37.7 Å². The molecule has 0 spiro atoms. The Kier molecular flexibility index (Phi) is 3.74. The Balaban J connectivity index is 2.20. The zero-order valence-electron chi connectivity index (χ0n) is 10.7. The van der Waals surface area contributed by atoms with E-state index in [2.05, 4.69) is 13.2 Å². The van der Waals surface area contributed by atoms with Crippen LogP contribution in [0.15, 0.2) is 25.3 Å². The lowest BCUT2D eigenvalue weighted by atomic mass is 9.79. The average molecular weight is 236 g/mol. The van der Waals surface area contributed by atoms with Crippen molar-refractivity contribution in [3.63, 3.8) is 0 Å². The molecule has 0 aromatic rings. The predicted octanol–water partition coefficient (Wildman–Crippen LogP) is 3.57. The summed E-state index contributed by atoms with van der Waals surface area (Å²) in [6, 6.07) is 0. The molecule has 0 aromatic heterocycles. The highest BCUT2D eigenvalue weighted by molar-refractivity contribution is 5.05. The molecule has 2 fully saturated rings. The summed E-state index contributed by atoms with van der Waals surface area (Å²) >= 11 is 0. The molecule has 0 bridgehead atoms. The van der Waals surface area contributed by atoms with E-state index in [1.54, 1.807) is 6.08 Å². The van der Waals surface area contributed by atoms with Crippen molar-refractivity contribution in [1.82, 2.24) is 0 Å². The van der Waals surface area contributed by atoms with Gasteiger partial charge in [-0.3, -0.25) is 0 Å². The minimum absolute atomic E-state index is 0.131. The maximum atomic E-state index is 10.3. The highest BCUT2D eigenvalue weighted by atomic mass is 16.6. The van der Waals surface area contributed by atoms with E-state index < -0.39 is 5.79 Å². The molecule has 2 nitrogen and oxygen atoms in total. The number of ether oxygens (including phenoxy) is 1. The molecule has 1 N–H and O–H groups in total. The third-order valence-corrected chi connectivity index (χ3v) is 4.41. The third-order valence-electron chi connectivity index (χ3n) is 4.41. The van der Waals surface area contributed by atoms with Gasteiger partial charge in [0, 0.05) is 6.42 Å². The first-order valence-corrected chi connectivity index (χ1v) is 6.81. The van der Waals surface area contributed by atoms with E-state index >= 15 is 0 Å². The molecule has 0 amide bonds. The molecule has 3 atom stereocenters. The summed E-state index contributed by atoms with van der Waals surface area (Å²) in [6.07, 6.45) is 12.2. The van der Waals surface area contributed by atoms with Gasteiger partial charge in [-0.2, -0.15) is 0 Å². The van der Waals surface area contributed by atoms with Crippen LogP contribution in [0.4, 0.5) is 0 Å². The number of hydrogen-bond acceptors (Lipinski definition) is 2. The number of hydrogen-bond donors (Lipinski definition) is 1. The third kappa shape index (κ3) is 2.48. The molecular formula is C15H24O2. The lowest BCUT2D eigenvalue weighted by Gasteiger charge is -2.34. The zero-order valence-corrected chi connectivity index (χ0v) is 10.7. The SMILES string of the molecule is C=CCC[C@]12CCCCC[C@H]1C[C@@](O)(C=C)O2. The minimum atomic E-state index is -1.09. The van der Waals surface area contributed by atoms with Crippen molar-refractivity contribution in [1.29, 1.82) is 0 Å². The van der Waals surface area contributed by atoms with Crippen LogP contribution in [-0.4, -0.2) is 16.5 Å². The highest BCUT2D eigenvalue weighted by Gasteiger charge is 2.53. The summed E-state index contributed by atoms with van der Waals surface area (Å²) in [5.74, 6) is -0.614. The second-order valence-corrected chi connectivity index (χ2v) is 5.54. The Bertz CT molecular complexity index is 299. The summed E-state index contributed by atoms with van der Waals surface area (Å²) in [5.41, 5.74) is -0.131. The number of fused-ring (bicyclic) bond motifs is 1. The molecule has 1 saturated heterocycles. The van der Waals surface area contributed by atoms with E-state index in [4.69, 9.17) is 4.74 Å². The molecule has 0 unspecified atom stereocenters. The smallest absolute Gasteiger partial charge is 0.185 e. The van der Waals surface area contributed by atoms with Gasteiger partial charge in [0.25, 0.3) is 0 Å². The molecule has 2 aliphatic rings. The first-order chi connectivity index (χ1) is 8.14. The molecule has 1 aliphatic heterocycles. The van der Waals surface area contributed by atoms with Crippen molar-refractivity contribution in [2.45, 2.75) is 62.8 Å². The van der Waals surface area contributed by atoms with Crippen LogP contribution in [-0.2, 0) is 4.74 Å². The average Bonchev–Trinajstić information content (AvgIpc) is 2.48. The van der Waals surface area contributed by atoms with Crippen molar-refractivity contribution in [3.05, 3.63) is 25.3 Å². The van der Waals surface area contributed by atoms with Crippen LogP contribution >= 0.6 is 0 Å². The Morgan fingerprint density at radius 2 is 2.12 bits per heavy atom. The van der Waals surface area contributed by atoms with Gasteiger partial charge in [0.05, 0.1) is 5.60 Å². The lowest BCUT2D eigenvalue weighted by molar-refractivity contribution is -0.198. The van der Waals surface area contributed by atoms with Gasteiger partial charge < -0.3 is 9.84 Å². The summed E-state index contributed by atoms with van der Waals surface area (Å²) in [7, 11) is 0. The zero-order chi connectivity index (χ0) is 12.4. The van der Waals surface area contributed by atoms with Crippen LogP contribution in [0.1, 0.15) is 51.4 Å². The van der Waals surface area contributed by atoms with Crippen LogP contribution in [0.3, 0.4) is 0 Å². The van der Waals surface area contributed by atoms with Crippen LogP contribution in [0.5, 0.6) is 0 Å². The van der Waals surface area contributed by atoms with Crippen molar-refractivity contribution >= 4 is 0 Å². The fraction of sp³-hybridized carbons (Fsp3) is 0.733. The second kappa shape index (κ2) is 4.95. The largest absolute Gasteiger partial charge is 0.362 e. The van der Waals surface area contributed by atoms with Gasteiger partial charge in [0.15, 0.2) is 5.79 Å². The van der Waals surface area contributed by atoms with Crippen LogP contribution in [0.25, 0.3) is 0 Å². The standard InChI is InChI=1S/C15H24O2/c1-3-5-10-14-11-8-6-7-9-13(14)12-15(16,4-2)17-14/h3-4,13,16H,1-2,5-12H2/t13-,14-,15+/m0/s1. The van der Waals surface area contributed by atoms with E-state index in [-0.39, 0.29) is 5.60 Å². The number of rotatable bonds is 4. The van der Waals surface area contributed by atoms with E-state index in [1.807, 2.05) is 6.08 Å². The highest BCUT2D eigenvalue weighted by Crippen LogP contribution is 2.51. The van der Waals surface area contributed by atoms with Crippen LogP contribution < -0.4 is 0 Å². The Morgan fingerprint density at radius 3 is 2.82 bits per heavy atom.